The third kappa shape index (κ3) is 3.83. The van der Waals surface area contributed by atoms with Crippen LogP contribution in [-0.2, 0) is 4.79 Å². The SMILES string of the molecule is N#Cc1cccc(NC(=O)/C=C\c2ccccc2)c1. The molecule has 2 aromatic rings. The number of nitrogens with zero attached hydrogens (tertiary/aromatic N) is 1. The van der Waals surface area contributed by atoms with Crippen molar-refractivity contribution in [3.63, 3.8) is 0 Å². The number of amides is 1. The van der Waals surface area contributed by atoms with E-state index in [-0.39, 0.29) is 5.91 Å². The first-order chi connectivity index (χ1) is 9.28. The molecule has 1 amide bonds. The summed E-state index contributed by atoms with van der Waals surface area (Å²) in [6.45, 7) is 0. The molecule has 0 fully saturated rings. The Labute approximate surface area is 111 Å². The zero-order valence-electron chi connectivity index (χ0n) is 10.2. The Morgan fingerprint density at radius 3 is 2.63 bits per heavy atom. The summed E-state index contributed by atoms with van der Waals surface area (Å²) in [5.41, 5.74) is 2.09. The Morgan fingerprint density at radius 2 is 1.89 bits per heavy atom. The fraction of sp³-hybridized carbons (Fsp3) is 0. The van der Waals surface area contributed by atoms with Crippen molar-refractivity contribution in [3.05, 3.63) is 71.8 Å². The third-order valence-corrected chi connectivity index (χ3v) is 2.49. The minimum absolute atomic E-state index is 0.223. The van der Waals surface area contributed by atoms with Gasteiger partial charge in [-0.05, 0) is 29.8 Å². The minimum Gasteiger partial charge on any atom is -0.322 e. The Bertz CT molecular complexity index is 639. The van der Waals surface area contributed by atoms with E-state index in [2.05, 4.69) is 5.32 Å². The van der Waals surface area contributed by atoms with Gasteiger partial charge in [0, 0.05) is 11.8 Å². The second kappa shape index (κ2) is 6.18. The zero-order chi connectivity index (χ0) is 13.5. The highest BCUT2D eigenvalue weighted by molar-refractivity contribution is 6.01. The van der Waals surface area contributed by atoms with Gasteiger partial charge >= 0.3 is 0 Å². The second-order valence-corrected chi connectivity index (χ2v) is 3.93. The molecule has 0 aromatic heterocycles. The number of anilines is 1. The molecule has 0 saturated heterocycles. The van der Waals surface area contributed by atoms with E-state index in [4.69, 9.17) is 5.26 Å². The largest absolute Gasteiger partial charge is 0.322 e. The molecule has 0 unspecified atom stereocenters. The number of benzene rings is 2. The molecular weight excluding hydrogens is 236 g/mol. The Morgan fingerprint density at radius 1 is 1.11 bits per heavy atom. The molecule has 0 spiro atoms. The van der Waals surface area contributed by atoms with E-state index in [0.29, 0.717) is 11.3 Å². The van der Waals surface area contributed by atoms with Crippen molar-refractivity contribution in [3.8, 4) is 6.07 Å². The summed E-state index contributed by atoms with van der Waals surface area (Å²) in [5.74, 6) is -0.223. The summed E-state index contributed by atoms with van der Waals surface area (Å²) >= 11 is 0. The summed E-state index contributed by atoms with van der Waals surface area (Å²) in [7, 11) is 0. The van der Waals surface area contributed by atoms with Gasteiger partial charge in [0.15, 0.2) is 0 Å². The monoisotopic (exact) mass is 248 g/mol. The molecule has 3 nitrogen and oxygen atoms in total. The van der Waals surface area contributed by atoms with Crippen LogP contribution in [0.25, 0.3) is 6.08 Å². The van der Waals surface area contributed by atoms with Crippen LogP contribution in [0.3, 0.4) is 0 Å². The quantitative estimate of drug-likeness (QED) is 0.848. The van der Waals surface area contributed by atoms with Crippen LogP contribution in [0.4, 0.5) is 5.69 Å². The van der Waals surface area contributed by atoms with Crippen LogP contribution in [-0.4, -0.2) is 5.91 Å². The highest BCUT2D eigenvalue weighted by atomic mass is 16.1. The fourth-order valence-electron chi connectivity index (χ4n) is 1.59. The van der Waals surface area contributed by atoms with Crippen molar-refractivity contribution in [2.24, 2.45) is 0 Å². The van der Waals surface area contributed by atoms with Gasteiger partial charge in [0.25, 0.3) is 0 Å². The molecule has 19 heavy (non-hydrogen) atoms. The third-order valence-electron chi connectivity index (χ3n) is 2.49. The maximum Gasteiger partial charge on any atom is 0.248 e. The lowest BCUT2D eigenvalue weighted by Gasteiger charge is -2.01. The van der Waals surface area contributed by atoms with Gasteiger partial charge in [-0.15, -0.1) is 0 Å². The van der Waals surface area contributed by atoms with E-state index < -0.39 is 0 Å². The summed E-state index contributed by atoms with van der Waals surface area (Å²) in [6.07, 6.45) is 3.21. The highest BCUT2D eigenvalue weighted by Gasteiger charge is 1.98. The van der Waals surface area contributed by atoms with Crippen LogP contribution in [0.5, 0.6) is 0 Å². The van der Waals surface area contributed by atoms with Gasteiger partial charge in [-0.3, -0.25) is 4.79 Å². The van der Waals surface area contributed by atoms with Crippen molar-refractivity contribution >= 4 is 17.7 Å². The Kier molecular flexibility index (Phi) is 4.09. The number of carbonyl (C=O) groups excluding carboxylic acids is 1. The maximum atomic E-state index is 11.7. The van der Waals surface area contributed by atoms with Gasteiger partial charge in [-0.2, -0.15) is 5.26 Å². The van der Waals surface area contributed by atoms with Crippen LogP contribution in [0.15, 0.2) is 60.7 Å². The molecule has 3 heteroatoms. The minimum atomic E-state index is -0.223. The number of rotatable bonds is 3. The van der Waals surface area contributed by atoms with E-state index in [1.165, 1.54) is 6.08 Å². The summed E-state index contributed by atoms with van der Waals surface area (Å²) in [6, 6.07) is 18.4. The lowest BCUT2D eigenvalue weighted by atomic mass is 10.2. The molecule has 0 aliphatic rings. The van der Waals surface area contributed by atoms with E-state index in [9.17, 15) is 4.79 Å². The number of nitrogens with one attached hydrogen (secondary N) is 1. The average Bonchev–Trinajstić information content (AvgIpc) is 2.46. The van der Waals surface area contributed by atoms with E-state index in [1.54, 1.807) is 30.3 Å². The molecule has 0 aliphatic carbocycles. The Balaban J connectivity index is 2.02. The number of nitriles is 1. The van der Waals surface area contributed by atoms with Gasteiger partial charge in [0.1, 0.15) is 0 Å². The summed E-state index contributed by atoms with van der Waals surface area (Å²) in [4.78, 5) is 11.7. The first-order valence-electron chi connectivity index (χ1n) is 5.82. The summed E-state index contributed by atoms with van der Waals surface area (Å²) < 4.78 is 0. The molecule has 1 N–H and O–H groups in total. The Hall–Kier alpha value is -2.86. The van der Waals surface area contributed by atoms with Crippen molar-refractivity contribution in [2.75, 3.05) is 5.32 Å². The molecule has 0 radical (unpaired) electrons. The predicted molar refractivity (Wildman–Crippen MR) is 75.3 cm³/mol. The molecule has 0 heterocycles. The molecule has 2 rings (SSSR count). The highest BCUT2D eigenvalue weighted by Crippen LogP contribution is 2.10. The number of carbonyl (C=O) groups is 1. The smallest absolute Gasteiger partial charge is 0.248 e. The second-order valence-electron chi connectivity index (χ2n) is 3.93. The molecule has 0 aliphatic heterocycles. The number of hydrogen-bond acceptors (Lipinski definition) is 2. The van der Waals surface area contributed by atoms with E-state index in [1.807, 2.05) is 36.4 Å². The van der Waals surface area contributed by atoms with Gasteiger partial charge in [0.2, 0.25) is 5.91 Å². The molecular formula is C16H12N2O. The first kappa shape index (κ1) is 12.6. The first-order valence-corrected chi connectivity index (χ1v) is 5.82. The molecule has 0 saturated carbocycles. The molecule has 0 atom stereocenters. The lowest BCUT2D eigenvalue weighted by Crippen LogP contribution is -2.07. The van der Waals surface area contributed by atoms with Crippen LogP contribution >= 0.6 is 0 Å². The standard InChI is InChI=1S/C16H12N2O/c17-12-14-7-4-8-15(11-14)18-16(19)10-9-13-5-2-1-3-6-13/h1-11H,(H,18,19)/b10-9-. The summed E-state index contributed by atoms with van der Waals surface area (Å²) in [5, 5.41) is 11.5. The van der Waals surface area contributed by atoms with E-state index in [0.717, 1.165) is 5.56 Å². The maximum absolute atomic E-state index is 11.7. The molecule has 0 bridgehead atoms. The van der Waals surface area contributed by atoms with Gasteiger partial charge in [0.05, 0.1) is 11.6 Å². The zero-order valence-corrected chi connectivity index (χ0v) is 10.2. The average molecular weight is 248 g/mol. The van der Waals surface area contributed by atoms with Gasteiger partial charge < -0.3 is 5.32 Å². The van der Waals surface area contributed by atoms with Crippen molar-refractivity contribution in [1.29, 1.82) is 5.26 Å². The van der Waals surface area contributed by atoms with Crippen LogP contribution in [0.1, 0.15) is 11.1 Å². The topological polar surface area (TPSA) is 52.9 Å². The molecule has 92 valence electrons. The van der Waals surface area contributed by atoms with Gasteiger partial charge in [-0.1, -0.05) is 36.4 Å². The van der Waals surface area contributed by atoms with Crippen LogP contribution in [0, 0.1) is 11.3 Å². The fourth-order valence-corrected chi connectivity index (χ4v) is 1.59. The van der Waals surface area contributed by atoms with E-state index >= 15 is 0 Å². The normalized spacial score (nSPS) is 10.1. The predicted octanol–water partition coefficient (Wildman–Crippen LogP) is 3.21. The van der Waals surface area contributed by atoms with Gasteiger partial charge in [-0.25, -0.2) is 0 Å². The van der Waals surface area contributed by atoms with Crippen molar-refractivity contribution in [2.45, 2.75) is 0 Å². The number of hydrogen-bond donors (Lipinski definition) is 1. The van der Waals surface area contributed by atoms with Crippen molar-refractivity contribution < 1.29 is 4.79 Å². The van der Waals surface area contributed by atoms with Crippen LogP contribution < -0.4 is 5.32 Å². The van der Waals surface area contributed by atoms with Crippen molar-refractivity contribution in [1.82, 2.24) is 0 Å². The van der Waals surface area contributed by atoms with Crippen LogP contribution in [0.2, 0.25) is 0 Å². The lowest BCUT2D eigenvalue weighted by molar-refractivity contribution is -0.111. The molecule has 2 aromatic carbocycles.